The van der Waals surface area contributed by atoms with Crippen LogP contribution < -0.4 is 0 Å². The topological polar surface area (TPSA) is 30.2 Å². The van der Waals surface area contributed by atoms with E-state index in [1.54, 1.807) is 4.52 Å². The zero-order valence-corrected chi connectivity index (χ0v) is 14.0. The molecule has 0 aliphatic carbocycles. The van der Waals surface area contributed by atoms with E-state index >= 15 is 0 Å². The van der Waals surface area contributed by atoms with E-state index in [0.29, 0.717) is 5.15 Å². The van der Waals surface area contributed by atoms with E-state index in [0.717, 1.165) is 33.7 Å². The number of aromatic nitrogens is 3. The van der Waals surface area contributed by atoms with Gasteiger partial charge in [-0.25, -0.2) is 9.50 Å². The third kappa shape index (κ3) is 2.12. The van der Waals surface area contributed by atoms with Crippen LogP contribution in [0.25, 0.3) is 27.5 Å². The van der Waals surface area contributed by atoms with Crippen LogP contribution in [0, 0.1) is 20.8 Å². The number of hydrogen-bond acceptors (Lipinski definition) is 2. The minimum absolute atomic E-state index is 0.627. The number of benzene rings is 2. The first-order chi connectivity index (χ1) is 11.1. The molecular weight excluding hydrogens is 306 g/mol. The Balaban J connectivity index is 2.05. The average Bonchev–Trinajstić information content (AvgIpc) is 2.88. The van der Waals surface area contributed by atoms with E-state index in [-0.39, 0.29) is 0 Å². The van der Waals surface area contributed by atoms with Crippen molar-refractivity contribution in [1.82, 2.24) is 14.6 Å². The molecule has 0 amide bonds. The summed E-state index contributed by atoms with van der Waals surface area (Å²) in [4.78, 5) is 4.73. The molecule has 0 radical (unpaired) electrons. The third-order valence-corrected chi connectivity index (χ3v) is 4.83. The molecule has 0 N–H and O–H groups in total. The molecule has 0 unspecified atom stereocenters. The van der Waals surface area contributed by atoms with Gasteiger partial charge in [0.15, 0.2) is 5.65 Å². The summed E-state index contributed by atoms with van der Waals surface area (Å²) in [6.07, 6.45) is 0. The van der Waals surface area contributed by atoms with Gasteiger partial charge in [-0.1, -0.05) is 48.0 Å². The van der Waals surface area contributed by atoms with E-state index in [4.69, 9.17) is 16.6 Å². The number of aryl methyl sites for hydroxylation is 2. The summed E-state index contributed by atoms with van der Waals surface area (Å²) in [7, 11) is 0. The first-order valence-corrected chi connectivity index (χ1v) is 7.95. The Bertz CT molecular complexity index is 1060. The van der Waals surface area contributed by atoms with Crippen LogP contribution in [-0.2, 0) is 0 Å². The van der Waals surface area contributed by atoms with Crippen molar-refractivity contribution in [2.75, 3.05) is 0 Å². The van der Waals surface area contributed by atoms with Crippen molar-refractivity contribution < 1.29 is 0 Å². The lowest BCUT2D eigenvalue weighted by atomic mass is 10.0. The van der Waals surface area contributed by atoms with E-state index in [2.05, 4.69) is 47.6 Å². The summed E-state index contributed by atoms with van der Waals surface area (Å²) < 4.78 is 1.74. The van der Waals surface area contributed by atoms with E-state index in [1.165, 1.54) is 10.8 Å². The van der Waals surface area contributed by atoms with Crippen LogP contribution >= 0.6 is 11.6 Å². The van der Waals surface area contributed by atoms with Crippen molar-refractivity contribution in [3.05, 3.63) is 64.6 Å². The Labute approximate surface area is 139 Å². The maximum atomic E-state index is 6.46. The lowest BCUT2D eigenvalue weighted by molar-refractivity contribution is 0.898. The fourth-order valence-electron chi connectivity index (χ4n) is 2.99. The summed E-state index contributed by atoms with van der Waals surface area (Å²) in [6.45, 7) is 5.95. The van der Waals surface area contributed by atoms with Gasteiger partial charge < -0.3 is 0 Å². The van der Waals surface area contributed by atoms with Crippen molar-refractivity contribution in [3.8, 4) is 11.1 Å². The van der Waals surface area contributed by atoms with Crippen molar-refractivity contribution >= 4 is 28.0 Å². The molecule has 0 spiro atoms. The predicted octanol–water partition coefficient (Wildman–Crippen LogP) is 5.13. The monoisotopic (exact) mass is 321 g/mol. The highest BCUT2D eigenvalue weighted by molar-refractivity contribution is 6.30. The maximum Gasteiger partial charge on any atom is 0.165 e. The zero-order chi connectivity index (χ0) is 16.1. The second-order valence-corrected chi connectivity index (χ2v) is 6.23. The zero-order valence-electron chi connectivity index (χ0n) is 13.3. The Morgan fingerprint density at radius 2 is 1.65 bits per heavy atom. The number of nitrogens with zero attached hydrogens (tertiary/aromatic N) is 3. The van der Waals surface area contributed by atoms with Crippen molar-refractivity contribution in [2.24, 2.45) is 0 Å². The standard InChI is InChI=1S/C19H16ClN3/c1-11-12(2)21-19-17(13(3)22-23(19)18(11)20)16-9-8-14-6-4-5-7-15(14)10-16/h4-10H,1-3H3. The lowest BCUT2D eigenvalue weighted by Gasteiger charge is -2.07. The molecule has 4 heteroatoms. The smallest absolute Gasteiger partial charge is 0.165 e. The molecule has 4 rings (SSSR count). The quantitative estimate of drug-likeness (QED) is 0.455. The summed E-state index contributed by atoms with van der Waals surface area (Å²) in [6, 6.07) is 14.8. The summed E-state index contributed by atoms with van der Waals surface area (Å²) in [5, 5.41) is 7.65. The fourth-order valence-corrected chi connectivity index (χ4v) is 3.24. The molecule has 23 heavy (non-hydrogen) atoms. The van der Waals surface area contributed by atoms with Crippen LogP contribution in [0.5, 0.6) is 0 Å². The van der Waals surface area contributed by atoms with E-state index in [9.17, 15) is 0 Å². The molecule has 0 bridgehead atoms. The maximum absolute atomic E-state index is 6.46. The van der Waals surface area contributed by atoms with Gasteiger partial charge in [0.05, 0.1) is 5.69 Å². The fraction of sp³-hybridized carbons (Fsp3) is 0.158. The average molecular weight is 322 g/mol. The molecule has 0 aliphatic rings. The number of rotatable bonds is 1. The molecule has 0 saturated carbocycles. The number of halogens is 1. The largest absolute Gasteiger partial charge is 0.233 e. The Hall–Kier alpha value is -2.39. The highest BCUT2D eigenvalue weighted by Gasteiger charge is 2.17. The molecule has 0 atom stereocenters. The molecular formula is C19H16ClN3. The molecule has 0 fully saturated rings. The van der Waals surface area contributed by atoms with Gasteiger partial charge in [-0.2, -0.15) is 5.10 Å². The van der Waals surface area contributed by atoms with Gasteiger partial charge in [0, 0.05) is 16.8 Å². The molecule has 0 saturated heterocycles. The van der Waals surface area contributed by atoms with Gasteiger partial charge in [-0.3, -0.25) is 0 Å². The van der Waals surface area contributed by atoms with Crippen LogP contribution in [0.3, 0.4) is 0 Å². The van der Waals surface area contributed by atoms with E-state index < -0.39 is 0 Å². The van der Waals surface area contributed by atoms with E-state index in [1.807, 2.05) is 20.8 Å². The van der Waals surface area contributed by atoms with Gasteiger partial charge >= 0.3 is 0 Å². The molecule has 2 aromatic carbocycles. The third-order valence-electron chi connectivity index (χ3n) is 4.39. The number of hydrogen-bond donors (Lipinski definition) is 0. The number of fused-ring (bicyclic) bond motifs is 2. The summed E-state index contributed by atoms with van der Waals surface area (Å²) in [5.41, 5.74) is 5.80. The molecule has 4 aromatic rings. The highest BCUT2D eigenvalue weighted by Crippen LogP contribution is 2.32. The summed E-state index contributed by atoms with van der Waals surface area (Å²) in [5.74, 6) is 0. The second-order valence-electron chi connectivity index (χ2n) is 5.87. The molecule has 2 aromatic heterocycles. The highest BCUT2D eigenvalue weighted by atomic mass is 35.5. The molecule has 2 heterocycles. The normalized spacial score (nSPS) is 11.5. The van der Waals surface area contributed by atoms with Crippen LogP contribution in [-0.4, -0.2) is 14.6 Å². The van der Waals surface area contributed by atoms with Crippen LogP contribution in [0.2, 0.25) is 5.15 Å². The second kappa shape index (κ2) is 5.07. The van der Waals surface area contributed by atoms with Crippen LogP contribution in [0.15, 0.2) is 42.5 Å². The first-order valence-electron chi connectivity index (χ1n) is 7.57. The van der Waals surface area contributed by atoms with Crippen molar-refractivity contribution in [1.29, 1.82) is 0 Å². The van der Waals surface area contributed by atoms with Gasteiger partial charge in [-0.05, 0) is 43.2 Å². The van der Waals surface area contributed by atoms with Gasteiger partial charge in [0.25, 0.3) is 0 Å². The van der Waals surface area contributed by atoms with Gasteiger partial charge in [0.2, 0.25) is 0 Å². The minimum Gasteiger partial charge on any atom is -0.233 e. The SMILES string of the molecule is Cc1nc2c(-c3ccc4ccccc4c3)c(C)nn2c(Cl)c1C. The Kier molecular flexibility index (Phi) is 3.13. The molecule has 0 aliphatic heterocycles. The van der Waals surface area contributed by atoms with Gasteiger partial charge in [-0.15, -0.1) is 0 Å². The lowest BCUT2D eigenvalue weighted by Crippen LogP contribution is -1.99. The molecule has 114 valence electrons. The van der Waals surface area contributed by atoms with Crippen LogP contribution in [0.4, 0.5) is 0 Å². The van der Waals surface area contributed by atoms with Crippen LogP contribution in [0.1, 0.15) is 17.0 Å². The summed E-state index contributed by atoms with van der Waals surface area (Å²) >= 11 is 6.46. The Morgan fingerprint density at radius 1 is 0.913 bits per heavy atom. The molecule has 3 nitrogen and oxygen atoms in total. The van der Waals surface area contributed by atoms with Crippen molar-refractivity contribution in [3.63, 3.8) is 0 Å². The first kappa shape index (κ1) is 14.2. The van der Waals surface area contributed by atoms with Gasteiger partial charge in [0.1, 0.15) is 5.15 Å². The predicted molar refractivity (Wildman–Crippen MR) is 95.2 cm³/mol. The van der Waals surface area contributed by atoms with Crippen molar-refractivity contribution in [2.45, 2.75) is 20.8 Å². The minimum atomic E-state index is 0.627. The Morgan fingerprint density at radius 3 is 2.43 bits per heavy atom.